The molecule has 0 amide bonds. The molecule has 1 aliphatic rings. The molecule has 15 heavy (non-hydrogen) atoms. The number of hydrogen-bond acceptors (Lipinski definition) is 3. The van der Waals surface area contributed by atoms with Gasteiger partial charge >= 0.3 is 0 Å². The lowest BCUT2D eigenvalue weighted by atomic mass is 10.3. The maximum absolute atomic E-state index is 13.1. The third-order valence-corrected chi connectivity index (χ3v) is 2.25. The molecule has 1 N–H and O–H groups in total. The molecule has 1 aromatic carbocycles. The van der Waals surface area contributed by atoms with Crippen molar-refractivity contribution < 1.29 is 13.9 Å². The molecule has 2 rings (SSSR count). The van der Waals surface area contributed by atoms with Crippen molar-refractivity contribution in [1.82, 2.24) is 0 Å². The van der Waals surface area contributed by atoms with Gasteiger partial charge in [0.15, 0.2) is 0 Å². The van der Waals surface area contributed by atoms with E-state index < -0.39 is 0 Å². The number of ether oxygens (including phenoxy) is 2. The van der Waals surface area contributed by atoms with E-state index in [1.807, 2.05) is 0 Å². The zero-order chi connectivity index (χ0) is 10.5. The van der Waals surface area contributed by atoms with Crippen LogP contribution in [0.1, 0.15) is 0 Å². The van der Waals surface area contributed by atoms with Crippen LogP contribution in [0.15, 0.2) is 24.3 Å². The van der Waals surface area contributed by atoms with E-state index in [2.05, 4.69) is 5.32 Å². The molecular formula is C11H14FNO2. The molecule has 1 aromatic rings. The summed E-state index contributed by atoms with van der Waals surface area (Å²) in [4.78, 5) is 0. The molecule has 0 bridgehead atoms. The van der Waals surface area contributed by atoms with E-state index in [9.17, 15) is 4.39 Å². The van der Waals surface area contributed by atoms with Gasteiger partial charge in [-0.05, 0) is 12.1 Å². The summed E-state index contributed by atoms with van der Waals surface area (Å²) in [6, 6.07) is 6.61. The molecule has 1 heterocycles. The number of rotatable bonds is 5. The minimum absolute atomic E-state index is 0.229. The van der Waals surface area contributed by atoms with Crippen molar-refractivity contribution in [2.24, 2.45) is 0 Å². The molecule has 4 heteroatoms. The minimum Gasteiger partial charge on any atom is -0.380 e. The highest BCUT2D eigenvalue weighted by atomic mass is 19.1. The van der Waals surface area contributed by atoms with E-state index in [0.717, 1.165) is 0 Å². The third kappa shape index (κ3) is 2.91. The fourth-order valence-corrected chi connectivity index (χ4v) is 1.33. The largest absolute Gasteiger partial charge is 0.380 e. The summed E-state index contributed by atoms with van der Waals surface area (Å²) in [5.41, 5.74) is 0.519. The van der Waals surface area contributed by atoms with E-state index in [4.69, 9.17) is 9.47 Å². The van der Waals surface area contributed by atoms with E-state index >= 15 is 0 Å². The molecule has 3 nitrogen and oxygen atoms in total. The molecule has 0 radical (unpaired) electrons. The van der Waals surface area contributed by atoms with Gasteiger partial charge in [-0.2, -0.15) is 0 Å². The van der Waals surface area contributed by atoms with Gasteiger partial charge in [0.2, 0.25) is 0 Å². The molecule has 82 valence electrons. The van der Waals surface area contributed by atoms with Crippen LogP contribution < -0.4 is 5.32 Å². The first-order valence-corrected chi connectivity index (χ1v) is 5.04. The molecule has 0 unspecified atom stereocenters. The zero-order valence-corrected chi connectivity index (χ0v) is 8.41. The molecule has 0 aromatic heterocycles. The number of hydrogen-bond donors (Lipinski definition) is 1. The SMILES string of the molecule is Fc1ccccc1NCCOC1COC1. The van der Waals surface area contributed by atoms with Crippen LogP contribution in [0.25, 0.3) is 0 Å². The average Bonchev–Trinajstić information content (AvgIpc) is 2.17. The van der Waals surface area contributed by atoms with Gasteiger partial charge in [-0.1, -0.05) is 12.1 Å². The molecule has 0 saturated carbocycles. The van der Waals surface area contributed by atoms with Crippen molar-refractivity contribution in [2.45, 2.75) is 6.10 Å². The van der Waals surface area contributed by atoms with Crippen LogP contribution in [0.4, 0.5) is 10.1 Å². The summed E-state index contributed by atoms with van der Waals surface area (Å²) in [7, 11) is 0. The number of para-hydroxylation sites is 1. The summed E-state index contributed by atoms with van der Waals surface area (Å²) in [5.74, 6) is -0.232. The fraction of sp³-hybridized carbons (Fsp3) is 0.455. The summed E-state index contributed by atoms with van der Waals surface area (Å²) in [5, 5.41) is 2.98. The smallest absolute Gasteiger partial charge is 0.146 e. The second kappa shape index (κ2) is 5.09. The standard InChI is InChI=1S/C11H14FNO2/c12-10-3-1-2-4-11(10)13-5-6-15-9-7-14-8-9/h1-4,9,13H,5-8H2. The molecule has 0 aliphatic carbocycles. The van der Waals surface area contributed by atoms with E-state index in [0.29, 0.717) is 32.1 Å². The Balaban J connectivity index is 1.66. The molecule has 1 aliphatic heterocycles. The van der Waals surface area contributed by atoms with Gasteiger partial charge in [-0.15, -0.1) is 0 Å². The van der Waals surface area contributed by atoms with E-state index in [1.54, 1.807) is 18.2 Å². The Bertz CT molecular complexity index is 315. The van der Waals surface area contributed by atoms with Crippen LogP contribution in [0.2, 0.25) is 0 Å². The average molecular weight is 211 g/mol. The van der Waals surface area contributed by atoms with Crippen molar-refractivity contribution in [3.63, 3.8) is 0 Å². The van der Waals surface area contributed by atoms with Gasteiger partial charge in [0.1, 0.15) is 11.9 Å². The zero-order valence-electron chi connectivity index (χ0n) is 8.41. The van der Waals surface area contributed by atoms with Crippen LogP contribution in [0.3, 0.4) is 0 Å². The second-order valence-corrected chi connectivity index (χ2v) is 3.44. The van der Waals surface area contributed by atoms with E-state index in [1.165, 1.54) is 6.07 Å². The van der Waals surface area contributed by atoms with Crippen molar-refractivity contribution in [2.75, 3.05) is 31.7 Å². The summed E-state index contributed by atoms with van der Waals surface area (Å²) in [6.45, 7) is 2.54. The topological polar surface area (TPSA) is 30.5 Å². The highest BCUT2D eigenvalue weighted by Crippen LogP contribution is 2.11. The minimum atomic E-state index is -0.232. The van der Waals surface area contributed by atoms with Crippen LogP contribution in [0.5, 0.6) is 0 Å². The molecule has 1 saturated heterocycles. The van der Waals surface area contributed by atoms with Gasteiger partial charge in [0, 0.05) is 6.54 Å². The Hall–Kier alpha value is -1.13. The summed E-state index contributed by atoms with van der Waals surface area (Å²) in [6.07, 6.45) is 0.229. The molecule has 1 fully saturated rings. The lowest BCUT2D eigenvalue weighted by Crippen LogP contribution is -2.37. The number of nitrogens with one attached hydrogen (secondary N) is 1. The molecule has 0 spiro atoms. The lowest BCUT2D eigenvalue weighted by Gasteiger charge is -2.26. The Morgan fingerprint density at radius 2 is 2.20 bits per heavy atom. The maximum atomic E-state index is 13.1. The molecular weight excluding hydrogens is 197 g/mol. The highest BCUT2D eigenvalue weighted by molar-refractivity contribution is 5.44. The van der Waals surface area contributed by atoms with Crippen LogP contribution in [-0.2, 0) is 9.47 Å². The first-order valence-electron chi connectivity index (χ1n) is 5.04. The van der Waals surface area contributed by atoms with Crippen molar-refractivity contribution in [3.8, 4) is 0 Å². The normalized spacial score (nSPS) is 16.1. The first kappa shape index (κ1) is 10.4. The second-order valence-electron chi connectivity index (χ2n) is 3.44. The van der Waals surface area contributed by atoms with Crippen LogP contribution >= 0.6 is 0 Å². The predicted molar refractivity (Wildman–Crippen MR) is 55.4 cm³/mol. The lowest BCUT2D eigenvalue weighted by molar-refractivity contribution is -0.127. The number of benzene rings is 1. The fourth-order valence-electron chi connectivity index (χ4n) is 1.33. The quantitative estimate of drug-likeness (QED) is 0.751. The Morgan fingerprint density at radius 3 is 2.87 bits per heavy atom. The predicted octanol–water partition coefficient (Wildman–Crippen LogP) is 1.65. The van der Waals surface area contributed by atoms with Crippen LogP contribution in [-0.4, -0.2) is 32.5 Å². The van der Waals surface area contributed by atoms with Crippen molar-refractivity contribution >= 4 is 5.69 Å². The van der Waals surface area contributed by atoms with Crippen molar-refractivity contribution in [1.29, 1.82) is 0 Å². The first-order chi connectivity index (χ1) is 7.36. The van der Waals surface area contributed by atoms with Gasteiger partial charge < -0.3 is 14.8 Å². The summed E-state index contributed by atoms with van der Waals surface area (Å²) < 4.78 is 23.5. The number of halogens is 1. The van der Waals surface area contributed by atoms with Gasteiger partial charge in [0.25, 0.3) is 0 Å². The third-order valence-electron chi connectivity index (χ3n) is 2.25. The van der Waals surface area contributed by atoms with E-state index in [-0.39, 0.29) is 11.9 Å². The Labute approximate surface area is 88.2 Å². The van der Waals surface area contributed by atoms with Crippen molar-refractivity contribution in [3.05, 3.63) is 30.1 Å². The molecule has 0 atom stereocenters. The van der Waals surface area contributed by atoms with Gasteiger partial charge in [-0.25, -0.2) is 4.39 Å². The highest BCUT2D eigenvalue weighted by Gasteiger charge is 2.17. The monoisotopic (exact) mass is 211 g/mol. The maximum Gasteiger partial charge on any atom is 0.146 e. The Kier molecular flexibility index (Phi) is 3.53. The van der Waals surface area contributed by atoms with Crippen LogP contribution in [0, 0.1) is 5.82 Å². The number of anilines is 1. The Morgan fingerprint density at radius 1 is 1.40 bits per heavy atom. The van der Waals surface area contributed by atoms with Gasteiger partial charge in [-0.3, -0.25) is 0 Å². The summed E-state index contributed by atoms with van der Waals surface area (Å²) >= 11 is 0. The van der Waals surface area contributed by atoms with Gasteiger partial charge in [0.05, 0.1) is 25.5 Å².